The van der Waals surface area contributed by atoms with Crippen LogP contribution < -0.4 is 14.9 Å². The van der Waals surface area contributed by atoms with Crippen molar-refractivity contribution in [2.75, 3.05) is 6.61 Å². The predicted octanol–water partition coefficient (Wildman–Crippen LogP) is -1.74. The third-order valence-corrected chi connectivity index (χ3v) is 7.18. The van der Waals surface area contributed by atoms with E-state index in [9.17, 15) is 50.8 Å². The number of rotatable bonds is 6. The third kappa shape index (κ3) is 5.37. The summed E-state index contributed by atoms with van der Waals surface area (Å²) < 4.78 is 28.0. The lowest BCUT2D eigenvalue weighted by Gasteiger charge is -2.39. The molecule has 0 saturated carbocycles. The molecule has 0 aliphatic carbocycles. The molecule has 228 valence electrons. The van der Waals surface area contributed by atoms with Gasteiger partial charge < -0.3 is 69.3 Å². The minimum absolute atomic E-state index is 0.112. The van der Waals surface area contributed by atoms with Crippen LogP contribution in [0.15, 0.2) is 45.6 Å². The minimum atomic E-state index is -1.87. The Bertz CT molecular complexity index is 1470. The highest BCUT2D eigenvalue weighted by Crippen LogP contribution is 2.38. The number of ether oxygens (including phenoxy) is 4. The maximum absolute atomic E-state index is 13.7. The molecule has 2 aliphatic rings. The Morgan fingerprint density at radius 1 is 0.786 bits per heavy atom. The number of benzene rings is 2. The number of phenols is 2. The van der Waals surface area contributed by atoms with Crippen LogP contribution in [0, 0.1) is 0 Å². The molecule has 9 N–H and O–H groups in total. The first-order valence-corrected chi connectivity index (χ1v) is 12.9. The molecule has 5 rings (SSSR count). The molecular weight excluding hydrogens is 564 g/mol. The third-order valence-electron chi connectivity index (χ3n) is 7.18. The molecule has 0 unspecified atom stereocenters. The molecule has 2 saturated heterocycles. The van der Waals surface area contributed by atoms with Crippen LogP contribution >= 0.6 is 0 Å². The van der Waals surface area contributed by atoms with E-state index in [4.69, 9.17) is 23.4 Å². The van der Waals surface area contributed by atoms with Crippen molar-refractivity contribution in [1.82, 2.24) is 0 Å². The van der Waals surface area contributed by atoms with Crippen molar-refractivity contribution in [1.29, 1.82) is 0 Å². The number of aliphatic hydroxyl groups excluding tert-OH is 7. The Balaban J connectivity index is 1.58. The van der Waals surface area contributed by atoms with E-state index >= 15 is 0 Å². The Morgan fingerprint density at radius 3 is 2.05 bits per heavy atom. The first kappa shape index (κ1) is 30.0. The first-order valence-electron chi connectivity index (χ1n) is 12.9. The van der Waals surface area contributed by atoms with Gasteiger partial charge in [0.2, 0.25) is 23.8 Å². The minimum Gasteiger partial charge on any atom is -0.508 e. The van der Waals surface area contributed by atoms with Gasteiger partial charge in [-0.1, -0.05) is 0 Å². The van der Waals surface area contributed by atoms with Crippen LogP contribution in [-0.2, 0) is 9.47 Å². The fourth-order valence-corrected chi connectivity index (χ4v) is 4.76. The van der Waals surface area contributed by atoms with Crippen LogP contribution in [0.25, 0.3) is 22.3 Å². The van der Waals surface area contributed by atoms with Crippen molar-refractivity contribution < 1.29 is 69.3 Å². The summed E-state index contributed by atoms with van der Waals surface area (Å²) in [5.41, 5.74) is -1.01. The molecule has 10 atom stereocenters. The summed E-state index contributed by atoms with van der Waals surface area (Å²) >= 11 is 0. The average molecular weight is 595 g/mol. The number of phenolic OH excluding ortho intramolecular Hbond substituents is 2. The number of aromatic hydroxyl groups is 2. The Hall–Kier alpha value is -3.51. The van der Waals surface area contributed by atoms with Crippen molar-refractivity contribution in [3.8, 4) is 34.3 Å². The molecule has 2 aromatic carbocycles. The normalized spacial score (nSPS) is 33.4. The highest BCUT2D eigenvalue weighted by molar-refractivity contribution is 5.88. The van der Waals surface area contributed by atoms with Gasteiger partial charge in [0.1, 0.15) is 70.9 Å². The summed E-state index contributed by atoms with van der Waals surface area (Å²) in [5, 5.41) is 90.7. The molecule has 0 radical (unpaired) electrons. The van der Waals surface area contributed by atoms with Gasteiger partial charge in [0.25, 0.3) is 0 Å². The maximum atomic E-state index is 13.7. The van der Waals surface area contributed by atoms with Crippen LogP contribution in [-0.4, -0.2) is 114 Å². The Kier molecular flexibility index (Phi) is 8.30. The summed E-state index contributed by atoms with van der Waals surface area (Å²) in [6.07, 6.45) is -15.5. The molecule has 42 heavy (non-hydrogen) atoms. The fraction of sp³-hybridized carbons (Fsp3) is 0.444. The van der Waals surface area contributed by atoms with E-state index in [2.05, 4.69) is 0 Å². The van der Waals surface area contributed by atoms with E-state index in [0.717, 1.165) is 6.07 Å². The summed E-state index contributed by atoms with van der Waals surface area (Å²) in [7, 11) is 0. The van der Waals surface area contributed by atoms with Gasteiger partial charge in [0, 0.05) is 17.7 Å². The molecule has 3 aromatic rings. The van der Waals surface area contributed by atoms with Crippen LogP contribution in [0.1, 0.15) is 6.92 Å². The van der Waals surface area contributed by atoms with Gasteiger partial charge in [-0.3, -0.25) is 4.79 Å². The lowest BCUT2D eigenvalue weighted by Crippen LogP contribution is -2.60. The van der Waals surface area contributed by atoms with Crippen molar-refractivity contribution >= 4 is 11.0 Å². The average Bonchev–Trinajstić information content (AvgIpc) is 2.96. The molecular formula is C27H30O15. The Morgan fingerprint density at radius 2 is 1.40 bits per heavy atom. The standard InChI is InChI=1S/C27H30O15/c1-9-17(31)20(34)22(36)26(38-9)39-12-6-13(30)16-14(7-12)40-24(10-2-4-11(29)5-3-10)25(19(16)33)42-27-23(37)21(35)18(32)15(8-28)41-27/h2-7,9,15,17-18,20-23,26-32,34-37H,8H2,1H3/t9-,15-,17+,18-,20+,21+,22-,23-,26+,27-/m1/s1. The van der Waals surface area contributed by atoms with Crippen LogP contribution in [0.3, 0.4) is 0 Å². The Labute approximate surface area is 236 Å². The second-order valence-electron chi connectivity index (χ2n) is 10.1. The molecule has 2 fully saturated rings. The molecule has 15 heteroatoms. The largest absolute Gasteiger partial charge is 0.508 e. The summed E-state index contributed by atoms with van der Waals surface area (Å²) in [6.45, 7) is 0.702. The van der Waals surface area contributed by atoms with Gasteiger partial charge in [-0.25, -0.2) is 0 Å². The summed E-state index contributed by atoms with van der Waals surface area (Å²) in [6, 6.07) is 7.53. The molecule has 2 aliphatic heterocycles. The van der Waals surface area contributed by atoms with E-state index in [-0.39, 0.29) is 28.4 Å². The lowest BCUT2D eigenvalue weighted by atomic mass is 9.99. The topological polar surface area (TPSA) is 249 Å². The second-order valence-corrected chi connectivity index (χ2v) is 10.1. The van der Waals surface area contributed by atoms with Crippen molar-refractivity contribution in [3.05, 3.63) is 46.6 Å². The fourth-order valence-electron chi connectivity index (χ4n) is 4.76. The van der Waals surface area contributed by atoms with Gasteiger partial charge in [-0.05, 0) is 31.2 Å². The van der Waals surface area contributed by atoms with Crippen LogP contribution in [0.2, 0.25) is 0 Å². The highest BCUT2D eigenvalue weighted by Gasteiger charge is 2.46. The molecule has 3 heterocycles. The molecule has 15 nitrogen and oxygen atoms in total. The van der Waals surface area contributed by atoms with E-state index in [1.54, 1.807) is 0 Å². The van der Waals surface area contributed by atoms with Gasteiger partial charge in [-0.15, -0.1) is 0 Å². The maximum Gasteiger partial charge on any atom is 0.239 e. The first-order chi connectivity index (χ1) is 19.9. The number of hydrogen-bond donors (Lipinski definition) is 9. The SMILES string of the molecule is C[C@H]1O[C@@H](Oc2cc(O)c3c(=O)c(O[C@H]4O[C@H](CO)[C@@H](O)[C@H](O)[C@H]4O)c(-c4ccc(O)cc4)oc3c2)[C@H](O)[C@@H](O)[C@H]1O. The van der Waals surface area contributed by atoms with Crippen LogP contribution in [0.4, 0.5) is 0 Å². The zero-order valence-corrected chi connectivity index (χ0v) is 21.9. The zero-order valence-electron chi connectivity index (χ0n) is 21.9. The van der Waals surface area contributed by atoms with E-state index in [1.165, 1.54) is 37.3 Å². The van der Waals surface area contributed by atoms with Crippen molar-refractivity contribution in [2.24, 2.45) is 0 Å². The van der Waals surface area contributed by atoms with Gasteiger partial charge in [-0.2, -0.15) is 0 Å². The molecule has 1 aromatic heterocycles. The van der Waals surface area contributed by atoms with Crippen molar-refractivity contribution in [3.63, 3.8) is 0 Å². The molecule has 0 spiro atoms. The quantitative estimate of drug-likeness (QED) is 0.154. The predicted molar refractivity (Wildman–Crippen MR) is 139 cm³/mol. The lowest BCUT2D eigenvalue weighted by molar-refractivity contribution is -0.277. The van der Waals surface area contributed by atoms with E-state index in [1.807, 2.05) is 0 Å². The number of fused-ring (bicyclic) bond motifs is 1. The number of aliphatic hydroxyl groups is 7. The van der Waals surface area contributed by atoms with E-state index in [0.29, 0.717) is 0 Å². The van der Waals surface area contributed by atoms with Gasteiger partial charge >= 0.3 is 0 Å². The van der Waals surface area contributed by atoms with Gasteiger partial charge in [0.05, 0.1) is 12.7 Å². The highest BCUT2D eigenvalue weighted by atomic mass is 16.7. The molecule has 0 bridgehead atoms. The van der Waals surface area contributed by atoms with Crippen molar-refractivity contribution in [2.45, 2.75) is 68.3 Å². The molecule has 0 amide bonds. The van der Waals surface area contributed by atoms with E-state index < -0.39 is 90.3 Å². The van der Waals surface area contributed by atoms with Gasteiger partial charge in [0.15, 0.2) is 5.76 Å². The van der Waals surface area contributed by atoms with Crippen LogP contribution in [0.5, 0.6) is 23.0 Å². The smallest absolute Gasteiger partial charge is 0.239 e. The zero-order chi connectivity index (χ0) is 30.5. The summed E-state index contributed by atoms with van der Waals surface area (Å²) in [4.78, 5) is 13.7. The number of hydrogen-bond acceptors (Lipinski definition) is 15. The summed E-state index contributed by atoms with van der Waals surface area (Å²) in [5.74, 6) is -1.77. The monoisotopic (exact) mass is 594 g/mol. The second kappa shape index (κ2) is 11.6.